The van der Waals surface area contributed by atoms with Crippen molar-refractivity contribution in [3.8, 4) is 5.75 Å². The van der Waals surface area contributed by atoms with Crippen LogP contribution >= 0.6 is 0 Å². The van der Waals surface area contributed by atoms with Gasteiger partial charge in [0, 0.05) is 5.92 Å². The van der Waals surface area contributed by atoms with Crippen LogP contribution in [0.1, 0.15) is 20.8 Å². The summed E-state index contributed by atoms with van der Waals surface area (Å²) in [5, 5.41) is 6.17. The van der Waals surface area contributed by atoms with E-state index in [9.17, 15) is 4.79 Å². The molecular weight excluding hydrogens is 240 g/mol. The van der Waals surface area contributed by atoms with Crippen molar-refractivity contribution in [2.75, 3.05) is 18.4 Å². The topological polar surface area (TPSA) is 50.4 Å². The van der Waals surface area contributed by atoms with Crippen LogP contribution in [0.15, 0.2) is 24.3 Å². The number of rotatable bonds is 5. The number of carbonyl (C=O) groups is 1. The molecule has 0 aliphatic carbocycles. The van der Waals surface area contributed by atoms with Gasteiger partial charge in [-0.1, -0.05) is 19.1 Å². The van der Waals surface area contributed by atoms with E-state index in [2.05, 4.69) is 10.6 Å². The Kier molecular flexibility index (Phi) is 4.43. The van der Waals surface area contributed by atoms with E-state index >= 15 is 0 Å². The maximum atomic E-state index is 12.2. The monoisotopic (exact) mass is 262 g/mol. The Labute approximate surface area is 114 Å². The molecule has 1 aromatic carbocycles. The second-order valence-corrected chi connectivity index (χ2v) is 5.36. The fourth-order valence-corrected chi connectivity index (χ4v) is 2.05. The first-order valence-corrected chi connectivity index (χ1v) is 6.85. The lowest BCUT2D eigenvalue weighted by atomic mass is 9.88. The summed E-state index contributed by atoms with van der Waals surface area (Å²) in [6, 6.07) is 7.57. The number of ether oxygens (including phenoxy) is 1. The van der Waals surface area contributed by atoms with Crippen molar-refractivity contribution in [2.24, 2.45) is 11.8 Å². The maximum Gasteiger partial charge on any atom is 0.227 e. The quantitative estimate of drug-likeness (QED) is 0.856. The molecule has 1 aliphatic rings. The summed E-state index contributed by atoms with van der Waals surface area (Å²) in [5.41, 5.74) is 0.750. The van der Waals surface area contributed by atoms with Gasteiger partial charge in [0.25, 0.3) is 0 Å². The number of hydrogen-bond acceptors (Lipinski definition) is 3. The zero-order chi connectivity index (χ0) is 13.8. The highest BCUT2D eigenvalue weighted by Crippen LogP contribution is 2.26. The fraction of sp³-hybridized carbons (Fsp3) is 0.533. The van der Waals surface area contributed by atoms with Gasteiger partial charge in [0.2, 0.25) is 5.91 Å². The summed E-state index contributed by atoms with van der Waals surface area (Å²) in [5.74, 6) is 1.25. The molecule has 1 unspecified atom stereocenters. The normalized spacial score (nSPS) is 16.8. The molecule has 1 aliphatic heterocycles. The van der Waals surface area contributed by atoms with Crippen LogP contribution in [0.3, 0.4) is 0 Å². The van der Waals surface area contributed by atoms with Gasteiger partial charge in [-0.25, -0.2) is 0 Å². The molecule has 1 aromatic rings. The Morgan fingerprint density at radius 2 is 2.00 bits per heavy atom. The molecule has 1 amide bonds. The zero-order valence-electron chi connectivity index (χ0n) is 11.8. The lowest BCUT2D eigenvalue weighted by molar-refractivity contribution is -0.121. The molecule has 1 fully saturated rings. The van der Waals surface area contributed by atoms with Crippen LogP contribution in [0.4, 0.5) is 5.69 Å². The second-order valence-electron chi connectivity index (χ2n) is 5.36. The molecule has 1 atom stereocenters. The predicted molar refractivity (Wildman–Crippen MR) is 76.4 cm³/mol. The van der Waals surface area contributed by atoms with Gasteiger partial charge in [-0.3, -0.25) is 4.79 Å². The number of carbonyl (C=O) groups excluding carboxylic acids is 1. The first-order chi connectivity index (χ1) is 9.08. The van der Waals surface area contributed by atoms with Crippen molar-refractivity contribution in [3.05, 3.63) is 24.3 Å². The third kappa shape index (κ3) is 3.47. The van der Waals surface area contributed by atoms with Crippen LogP contribution in [0, 0.1) is 11.8 Å². The van der Waals surface area contributed by atoms with Crippen molar-refractivity contribution >= 4 is 11.6 Å². The third-order valence-electron chi connectivity index (χ3n) is 3.44. The fourth-order valence-electron chi connectivity index (χ4n) is 2.05. The number of nitrogens with one attached hydrogen (secondary N) is 2. The Hall–Kier alpha value is -1.55. The Balaban J connectivity index is 2.03. The van der Waals surface area contributed by atoms with E-state index in [0.717, 1.165) is 24.5 Å². The van der Waals surface area contributed by atoms with E-state index < -0.39 is 0 Å². The standard InChI is InChI=1S/C15H22N2O2/c1-10(2)19-14-7-5-4-6-13(14)17-15(18)11(3)12-8-16-9-12/h4-7,10-12,16H,8-9H2,1-3H3,(H,17,18). The molecule has 0 bridgehead atoms. The predicted octanol–water partition coefficient (Wildman–Crippen LogP) is 2.27. The van der Waals surface area contributed by atoms with Crippen LogP contribution in [-0.4, -0.2) is 25.1 Å². The van der Waals surface area contributed by atoms with Crippen molar-refractivity contribution < 1.29 is 9.53 Å². The molecule has 2 N–H and O–H groups in total. The van der Waals surface area contributed by atoms with Crippen LogP contribution < -0.4 is 15.4 Å². The van der Waals surface area contributed by atoms with Gasteiger partial charge >= 0.3 is 0 Å². The van der Waals surface area contributed by atoms with Gasteiger partial charge in [0.1, 0.15) is 5.75 Å². The lowest BCUT2D eigenvalue weighted by Crippen LogP contribution is -2.48. The molecule has 1 heterocycles. The van der Waals surface area contributed by atoms with E-state index in [0.29, 0.717) is 5.92 Å². The highest BCUT2D eigenvalue weighted by atomic mass is 16.5. The van der Waals surface area contributed by atoms with E-state index in [1.807, 2.05) is 45.0 Å². The maximum absolute atomic E-state index is 12.2. The van der Waals surface area contributed by atoms with Crippen LogP contribution in [-0.2, 0) is 4.79 Å². The van der Waals surface area contributed by atoms with Crippen LogP contribution in [0.5, 0.6) is 5.75 Å². The Bertz CT molecular complexity index is 442. The lowest BCUT2D eigenvalue weighted by Gasteiger charge is -2.31. The van der Waals surface area contributed by atoms with E-state index in [1.165, 1.54) is 0 Å². The van der Waals surface area contributed by atoms with Gasteiger partial charge in [-0.05, 0) is 45.0 Å². The minimum atomic E-state index is 0.0216. The summed E-state index contributed by atoms with van der Waals surface area (Å²) in [6.45, 7) is 7.78. The molecule has 0 radical (unpaired) electrons. The molecule has 0 saturated carbocycles. The smallest absolute Gasteiger partial charge is 0.227 e. The minimum absolute atomic E-state index is 0.0216. The molecule has 104 valence electrons. The number of anilines is 1. The first-order valence-electron chi connectivity index (χ1n) is 6.85. The van der Waals surface area contributed by atoms with Crippen LogP contribution in [0.25, 0.3) is 0 Å². The largest absolute Gasteiger partial charge is 0.489 e. The third-order valence-corrected chi connectivity index (χ3v) is 3.44. The number of hydrogen-bond donors (Lipinski definition) is 2. The van der Waals surface area contributed by atoms with Crippen molar-refractivity contribution in [1.82, 2.24) is 5.32 Å². The van der Waals surface area contributed by atoms with Crippen molar-refractivity contribution in [1.29, 1.82) is 0 Å². The molecule has 4 nitrogen and oxygen atoms in total. The average molecular weight is 262 g/mol. The first kappa shape index (κ1) is 13.9. The van der Waals surface area contributed by atoms with Gasteiger partial charge in [-0.2, -0.15) is 0 Å². The minimum Gasteiger partial charge on any atom is -0.489 e. The van der Waals surface area contributed by atoms with Gasteiger partial charge in [0.15, 0.2) is 0 Å². The molecule has 2 rings (SSSR count). The molecule has 4 heteroatoms. The van der Waals surface area contributed by atoms with Gasteiger partial charge in [0.05, 0.1) is 11.8 Å². The summed E-state index contributed by atoms with van der Waals surface area (Å²) >= 11 is 0. The molecular formula is C15H22N2O2. The summed E-state index contributed by atoms with van der Waals surface area (Å²) in [6.07, 6.45) is 0.0892. The van der Waals surface area contributed by atoms with Gasteiger partial charge in [-0.15, -0.1) is 0 Å². The van der Waals surface area contributed by atoms with Crippen molar-refractivity contribution in [2.45, 2.75) is 26.9 Å². The number of para-hydroxylation sites is 2. The van der Waals surface area contributed by atoms with E-state index in [4.69, 9.17) is 4.74 Å². The Morgan fingerprint density at radius 1 is 1.32 bits per heavy atom. The molecule has 1 saturated heterocycles. The summed E-state index contributed by atoms with van der Waals surface area (Å²) in [7, 11) is 0. The summed E-state index contributed by atoms with van der Waals surface area (Å²) < 4.78 is 5.70. The molecule has 0 spiro atoms. The van der Waals surface area contributed by atoms with Crippen molar-refractivity contribution in [3.63, 3.8) is 0 Å². The molecule has 19 heavy (non-hydrogen) atoms. The highest BCUT2D eigenvalue weighted by Gasteiger charge is 2.29. The second kappa shape index (κ2) is 6.06. The highest BCUT2D eigenvalue weighted by molar-refractivity contribution is 5.94. The average Bonchev–Trinajstić information content (AvgIpc) is 2.28. The molecule has 0 aromatic heterocycles. The number of amides is 1. The van der Waals surface area contributed by atoms with Gasteiger partial charge < -0.3 is 15.4 Å². The van der Waals surface area contributed by atoms with E-state index in [1.54, 1.807) is 0 Å². The zero-order valence-corrected chi connectivity index (χ0v) is 11.8. The summed E-state index contributed by atoms with van der Waals surface area (Å²) in [4.78, 5) is 12.2. The van der Waals surface area contributed by atoms with E-state index in [-0.39, 0.29) is 17.9 Å². The number of benzene rings is 1. The Morgan fingerprint density at radius 3 is 2.58 bits per heavy atom. The van der Waals surface area contributed by atoms with Crippen LogP contribution in [0.2, 0.25) is 0 Å². The SMILES string of the molecule is CC(C)Oc1ccccc1NC(=O)C(C)C1CNC1.